The van der Waals surface area contributed by atoms with Crippen molar-refractivity contribution in [2.24, 2.45) is 0 Å². The predicted octanol–water partition coefficient (Wildman–Crippen LogP) is 1.52. The van der Waals surface area contributed by atoms with Crippen LogP contribution in [0.25, 0.3) is 0 Å². The van der Waals surface area contributed by atoms with Crippen LogP contribution in [0, 0.1) is 0 Å². The van der Waals surface area contributed by atoms with Gasteiger partial charge in [-0.3, -0.25) is 0 Å². The Kier molecular flexibility index (Phi) is 3.73. The Bertz CT molecular complexity index is 542. The van der Waals surface area contributed by atoms with Gasteiger partial charge >= 0.3 is 5.97 Å². The second kappa shape index (κ2) is 5.46. The monoisotopic (exact) mass is 264 g/mol. The van der Waals surface area contributed by atoms with Gasteiger partial charge < -0.3 is 15.8 Å². The minimum absolute atomic E-state index is 0.314. The molecule has 7 heteroatoms. The van der Waals surface area contributed by atoms with E-state index in [1.54, 1.807) is 6.20 Å². The SMILES string of the molecule is COC(=O)c1cc(N)cnc1NCc1nccs1. The molecule has 2 rings (SSSR count). The Labute approximate surface area is 108 Å². The maximum absolute atomic E-state index is 11.6. The first-order valence-corrected chi connectivity index (χ1v) is 6.04. The van der Waals surface area contributed by atoms with Crippen LogP contribution in [0.1, 0.15) is 15.4 Å². The lowest BCUT2D eigenvalue weighted by Gasteiger charge is -2.09. The summed E-state index contributed by atoms with van der Waals surface area (Å²) in [5, 5.41) is 5.83. The molecule has 0 spiro atoms. The molecule has 94 valence electrons. The third kappa shape index (κ3) is 2.75. The predicted molar refractivity (Wildman–Crippen MR) is 69.4 cm³/mol. The fourth-order valence-electron chi connectivity index (χ4n) is 1.39. The van der Waals surface area contributed by atoms with E-state index in [1.807, 2.05) is 5.38 Å². The van der Waals surface area contributed by atoms with Crippen molar-refractivity contribution in [2.45, 2.75) is 6.54 Å². The lowest BCUT2D eigenvalue weighted by molar-refractivity contribution is 0.0601. The van der Waals surface area contributed by atoms with E-state index in [9.17, 15) is 4.79 Å². The zero-order valence-corrected chi connectivity index (χ0v) is 10.5. The third-order valence-corrected chi connectivity index (χ3v) is 2.98. The number of nitrogen functional groups attached to an aromatic ring is 1. The summed E-state index contributed by atoms with van der Waals surface area (Å²) >= 11 is 1.52. The third-order valence-electron chi connectivity index (χ3n) is 2.20. The topological polar surface area (TPSA) is 90.1 Å². The minimum Gasteiger partial charge on any atom is -0.465 e. The highest BCUT2D eigenvalue weighted by Gasteiger charge is 2.13. The highest BCUT2D eigenvalue weighted by molar-refractivity contribution is 7.09. The van der Waals surface area contributed by atoms with Crippen LogP contribution in [0.15, 0.2) is 23.8 Å². The van der Waals surface area contributed by atoms with Gasteiger partial charge in [0.15, 0.2) is 0 Å². The zero-order chi connectivity index (χ0) is 13.0. The van der Waals surface area contributed by atoms with Gasteiger partial charge in [-0.25, -0.2) is 14.8 Å². The number of ether oxygens (including phenoxy) is 1. The van der Waals surface area contributed by atoms with E-state index in [4.69, 9.17) is 5.73 Å². The molecule has 0 aliphatic rings. The van der Waals surface area contributed by atoms with Crippen molar-refractivity contribution in [2.75, 3.05) is 18.2 Å². The Morgan fingerprint density at radius 3 is 3.06 bits per heavy atom. The first-order chi connectivity index (χ1) is 8.70. The second-order valence-corrected chi connectivity index (χ2v) is 4.41. The Morgan fingerprint density at radius 2 is 2.39 bits per heavy atom. The number of hydrogen-bond acceptors (Lipinski definition) is 7. The lowest BCUT2D eigenvalue weighted by Crippen LogP contribution is -2.10. The largest absolute Gasteiger partial charge is 0.465 e. The maximum Gasteiger partial charge on any atom is 0.341 e. The molecule has 18 heavy (non-hydrogen) atoms. The molecule has 0 radical (unpaired) electrons. The van der Waals surface area contributed by atoms with Crippen molar-refractivity contribution in [3.05, 3.63) is 34.4 Å². The first-order valence-electron chi connectivity index (χ1n) is 5.17. The van der Waals surface area contributed by atoms with E-state index in [0.29, 0.717) is 23.6 Å². The number of nitrogens with two attached hydrogens (primary N) is 1. The molecular formula is C11H12N4O2S. The van der Waals surface area contributed by atoms with E-state index in [0.717, 1.165) is 5.01 Å². The molecule has 0 aliphatic carbocycles. The Morgan fingerprint density at radius 1 is 1.56 bits per heavy atom. The molecule has 3 N–H and O–H groups in total. The van der Waals surface area contributed by atoms with Gasteiger partial charge in [0.05, 0.1) is 25.5 Å². The van der Waals surface area contributed by atoms with Crippen LogP contribution < -0.4 is 11.1 Å². The van der Waals surface area contributed by atoms with Gasteiger partial charge in [0.25, 0.3) is 0 Å². The summed E-state index contributed by atoms with van der Waals surface area (Å²) in [5.74, 6) is -0.0392. The van der Waals surface area contributed by atoms with Crippen LogP contribution in [-0.4, -0.2) is 23.0 Å². The highest BCUT2D eigenvalue weighted by Crippen LogP contribution is 2.17. The number of thiazole rings is 1. The fraction of sp³-hybridized carbons (Fsp3) is 0.182. The summed E-state index contributed by atoms with van der Waals surface area (Å²) in [6, 6.07) is 1.53. The van der Waals surface area contributed by atoms with Crippen LogP contribution >= 0.6 is 11.3 Å². The maximum atomic E-state index is 11.6. The van der Waals surface area contributed by atoms with E-state index >= 15 is 0 Å². The number of nitrogens with one attached hydrogen (secondary N) is 1. The average molecular weight is 264 g/mol. The molecule has 0 bridgehead atoms. The number of carbonyl (C=O) groups is 1. The normalized spacial score (nSPS) is 10.1. The summed E-state index contributed by atoms with van der Waals surface area (Å²) in [4.78, 5) is 19.8. The molecule has 2 aromatic heterocycles. The Balaban J connectivity index is 2.18. The molecule has 6 nitrogen and oxygen atoms in total. The van der Waals surface area contributed by atoms with Crippen molar-refractivity contribution < 1.29 is 9.53 Å². The van der Waals surface area contributed by atoms with Crippen LogP contribution in [-0.2, 0) is 11.3 Å². The number of hydrogen-bond donors (Lipinski definition) is 2. The smallest absolute Gasteiger partial charge is 0.341 e. The van der Waals surface area contributed by atoms with Gasteiger partial charge in [-0.1, -0.05) is 0 Å². The minimum atomic E-state index is -0.476. The summed E-state index contributed by atoms with van der Waals surface area (Å²) in [7, 11) is 1.32. The number of anilines is 2. The molecule has 0 unspecified atom stereocenters. The van der Waals surface area contributed by atoms with E-state index in [-0.39, 0.29) is 0 Å². The highest BCUT2D eigenvalue weighted by atomic mass is 32.1. The number of esters is 1. The molecule has 0 atom stereocenters. The Hall–Kier alpha value is -2.15. The van der Waals surface area contributed by atoms with Crippen molar-refractivity contribution >= 4 is 28.8 Å². The molecule has 2 heterocycles. The number of carbonyl (C=O) groups excluding carboxylic acids is 1. The number of pyridine rings is 1. The number of aromatic nitrogens is 2. The van der Waals surface area contributed by atoms with Crippen molar-refractivity contribution in [1.82, 2.24) is 9.97 Å². The van der Waals surface area contributed by atoms with Gasteiger partial charge in [-0.2, -0.15) is 0 Å². The van der Waals surface area contributed by atoms with Crippen LogP contribution in [0.4, 0.5) is 11.5 Å². The molecular weight excluding hydrogens is 252 g/mol. The van der Waals surface area contributed by atoms with Crippen LogP contribution in [0.2, 0.25) is 0 Å². The summed E-state index contributed by atoms with van der Waals surface area (Å²) < 4.78 is 4.68. The van der Waals surface area contributed by atoms with E-state index in [2.05, 4.69) is 20.0 Å². The summed E-state index contributed by atoms with van der Waals surface area (Å²) in [5.41, 5.74) is 6.33. The molecule has 0 fully saturated rings. The number of rotatable bonds is 4. The van der Waals surface area contributed by atoms with E-state index < -0.39 is 5.97 Å². The molecule has 0 saturated carbocycles. The molecule has 0 amide bonds. The van der Waals surface area contributed by atoms with Crippen LogP contribution in [0.3, 0.4) is 0 Å². The quantitative estimate of drug-likeness (QED) is 0.814. The van der Waals surface area contributed by atoms with E-state index in [1.165, 1.54) is 30.7 Å². The number of methoxy groups -OCH3 is 1. The fourth-order valence-corrected chi connectivity index (χ4v) is 1.94. The lowest BCUT2D eigenvalue weighted by atomic mass is 10.2. The van der Waals surface area contributed by atoms with Crippen molar-refractivity contribution in [3.63, 3.8) is 0 Å². The first kappa shape index (κ1) is 12.3. The molecule has 0 aromatic carbocycles. The molecule has 0 aliphatic heterocycles. The van der Waals surface area contributed by atoms with Gasteiger partial charge in [0.1, 0.15) is 16.4 Å². The van der Waals surface area contributed by atoms with Crippen molar-refractivity contribution in [1.29, 1.82) is 0 Å². The average Bonchev–Trinajstić information content (AvgIpc) is 2.89. The van der Waals surface area contributed by atoms with Crippen molar-refractivity contribution in [3.8, 4) is 0 Å². The van der Waals surface area contributed by atoms with Crippen LogP contribution in [0.5, 0.6) is 0 Å². The standard InChI is InChI=1S/C11H12N4O2S/c1-17-11(16)8-4-7(12)5-14-10(8)15-6-9-13-2-3-18-9/h2-5H,6,12H2,1H3,(H,14,15). The van der Waals surface area contributed by atoms with Gasteiger partial charge in [-0.15, -0.1) is 11.3 Å². The number of nitrogens with zero attached hydrogens (tertiary/aromatic N) is 2. The zero-order valence-electron chi connectivity index (χ0n) is 9.71. The second-order valence-electron chi connectivity index (χ2n) is 3.44. The summed E-state index contributed by atoms with van der Waals surface area (Å²) in [6.45, 7) is 0.499. The van der Waals surface area contributed by atoms with Gasteiger partial charge in [-0.05, 0) is 6.07 Å². The van der Waals surface area contributed by atoms with Gasteiger partial charge in [0, 0.05) is 11.6 Å². The van der Waals surface area contributed by atoms with Gasteiger partial charge in [0.2, 0.25) is 0 Å². The molecule has 2 aromatic rings. The molecule has 0 saturated heterocycles. The summed E-state index contributed by atoms with van der Waals surface area (Å²) in [6.07, 6.45) is 3.20.